The number of rotatable bonds is 16. The Kier molecular flexibility index (Phi) is 21.3. The Balaban J connectivity index is 0.000000145. The molecule has 29 rings (SSSR count). The van der Waals surface area contributed by atoms with Gasteiger partial charge in [0.25, 0.3) is 0 Å². The molecule has 0 amide bonds. The zero-order chi connectivity index (χ0) is 100. The first-order valence-corrected chi connectivity index (χ1v) is 52.9. The normalized spacial score (nSPS) is 12.7. The summed E-state index contributed by atoms with van der Waals surface area (Å²) in [6.07, 6.45) is 0. The molecule has 150 heavy (non-hydrogen) atoms. The van der Waals surface area contributed by atoms with Crippen LogP contribution in [0.15, 0.2) is 514 Å². The van der Waals surface area contributed by atoms with Gasteiger partial charge in [-0.25, -0.2) is 0 Å². The van der Waals surface area contributed by atoms with Crippen LogP contribution >= 0.6 is 11.3 Å². The zero-order valence-electron chi connectivity index (χ0n) is 84.1. The van der Waals surface area contributed by atoms with Crippen LogP contribution in [0.4, 0.5) is 68.2 Å². The third-order valence-corrected chi connectivity index (χ3v) is 33.3. The van der Waals surface area contributed by atoms with Crippen LogP contribution in [0.2, 0.25) is 0 Å². The second-order valence-electron chi connectivity index (χ2n) is 41.4. The number of hydrogen-bond acceptors (Lipinski definition) is 6. The van der Waals surface area contributed by atoms with Gasteiger partial charge < -0.3 is 24.0 Å². The van der Waals surface area contributed by atoms with Crippen LogP contribution in [0.3, 0.4) is 0 Å². The fraction of sp³-hybridized carbons (Fsp3) is 0.0556. The first-order chi connectivity index (χ1) is 73.7. The fourth-order valence-electron chi connectivity index (χ4n) is 24.8. The molecule has 0 fully saturated rings. The van der Waals surface area contributed by atoms with Crippen molar-refractivity contribution in [3.05, 3.63) is 543 Å². The highest BCUT2D eigenvalue weighted by Gasteiger charge is 2.40. The number of anilines is 12. The van der Waals surface area contributed by atoms with Gasteiger partial charge in [0, 0.05) is 115 Å². The van der Waals surface area contributed by atoms with E-state index in [1.807, 2.05) is 17.4 Å². The first-order valence-electron chi connectivity index (χ1n) is 52.1. The number of nitrogens with zero attached hydrogens (tertiary/aromatic N) is 4. The topological polar surface area (TPSA) is 26.1 Å². The minimum absolute atomic E-state index is 0.248. The minimum Gasteiger partial charge on any atom is -0.455 e. The lowest BCUT2D eigenvalue weighted by atomic mass is 9.81. The Labute approximate surface area is 876 Å². The highest BCUT2D eigenvalue weighted by Crippen LogP contribution is 2.57. The van der Waals surface area contributed by atoms with Gasteiger partial charge in [0.15, 0.2) is 0 Å². The van der Waals surface area contributed by atoms with Crippen molar-refractivity contribution in [1.82, 2.24) is 0 Å². The van der Waals surface area contributed by atoms with Crippen LogP contribution in [0.25, 0.3) is 184 Å². The molecule has 25 aromatic carbocycles. The molecule has 2 aromatic heterocycles. The summed E-state index contributed by atoms with van der Waals surface area (Å²) in [5, 5.41) is 22.5. The summed E-state index contributed by atoms with van der Waals surface area (Å²) in [5.74, 6) is 0. The summed E-state index contributed by atoms with van der Waals surface area (Å²) in [7, 11) is 0. The number of benzene rings is 25. The Morgan fingerprint density at radius 3 is 0.980 bits per heavy atom. The van der Waals surface area contributed by atoms with E-state index in [4.69, 9.17) is 4.42 Å². The maximum absolute atomic E-state index is 6.54. The van der Waals surface area contributed by atoms with E-state index < -0.39 is 0 Å². The van der Waals surface area contributed by atoms with Crippen molar-refractivity contribution in [2.45, 2.75) is 52.4 Å². The van der Waals surface area contributed by atoms with Crippen LogP contribution in [0.1, 0.15) is 61.1 Å². The van der Waals surface area contributed by atoms with Crippen LogP contribution in [-0.2, 0) is 10.8 Å². The molecular weight excluding hydrogens is 1830 g/mol. The molecule has 6 heteroatoms. The van der Waals surface area contributed by atoms with Gasteiger partial charge in [-0.1, -0.05) is 373 Å². The fourth-order valence-corrected chi connectivity index (χ4v) is 26.0. The third kappa shape index (κ3) is 14.8. The SMILES string of the molecule is CC1(C)c2cc(-c3cccc4c3oc3ccccc34)ccc2-c2ccc(N(c3ccc(-c4ccc(N(c5ccccc5)c5ccccc5)cc4)cc3)c3ccc4c5ccccc5c5ccccc5c4c3)cc21.Cc1cc(N(c2ccc3c(c2)C(C)(C)c2cc(-c4cccc5c4sc4ccccc45)ccc2-3)c2ccc3c4ccccc4c4ccccc4c3c2)ccc1-c1ccc(N(c2ccccc2)c2cccc3ccccc23)cc1C. The second kappa shape index (κ2) is 35.7. The Bertz CT molecular complexity index is 10000. The molecule has 0 saturated heterocycles. The molecule has 0 radical (unpaired) electrons. The summed E-state index contributed by atoms with van der Waals surface area (Å²) in [4.78, 5) is 9.63. The predicted molar refractivity (Wildman–Crippen MR) is 641 cm³/mol. The second-order valence-corrected chi connectivity index (χ2v) is 42.4. The molecule has 0 saturated carbocycles. The van der Waals surface area contributed by atoms with Gasteiger partial charge in [0.1, 0.15) is 11.2 Å². The maximum Gasteiger partial charge on any atom is 0.143 e. The lowest BCUT2D eigenvalue weighted by Gasteiger charge is -2.29. The van der Waals surface area contributed by atoms with E-state index in [1.54, 1.807) is 0 Å². The van der Waals surface area contributed by atoms with E-state index >= 15 is 0 Å². The summed E-state index contributed by atoms with van der Waals surface area (Å²) in [6.45, 7) is 14.1. The van der Waals surface area contributed by atoms with Gasteiger partial charge in [-0.2, -0.15) is 0 Å². The molecule has 2 aliphatic carbocycles. The Hall–Kier alpha value is -18.5. The molecule has 2 heterocycles. The van der Waals surface area contributed by atoms with Gasteiger partial charge in [-0.05, 0) is 342 Å². The summed E-state index contributed by atoms with van der Waals surface area (Å²) >= 11 is 1.90. The van der Waals surface area contributed by atoms with Crippen LogP contribution in [-0.4, -0.2) is 0 Å². The number of furan rings is 1. The van der Waals surface area contributed by atoms with Crippen LogP contribution in [0.5, 0.6) is 0 Å². The van der Waals surface area contributed by atoms with Crippen molar-refractivity contribution < 1.29 is 4.42 Å². The van der Waals surface area contributed by atoms with Gasteiger partial charge in [0.05, 0.1) is 5.69 Å². The summed E-state index contributed by atoms with van der Waals surface area (Å²) in [6, 6.07) is 188. The van der Waals surface area contributed by atoms with Crippen LogP contribution in [0, 0.1) is 13.8 Å². The standard InChI is InChI=1S/C75H54N2S.C69H48N2O/c1-47-42-52(33-38-56(47)57-39-34-53(43-48(57)2)77(51-20-6-5-7-21-51)72-30-16-19-49-18-8-9-22-58(49)72)76(54-35-40-64-62-25-11-10-23-60(62)61-24-12-13-26-63(61)69(64)45-54)55-36-41-66-65-37-32-50(44-70(65)75(3,4)71(66)46-55)59-28-17-29-68-67-27-14-15-31-73(67)78-74(59)68;1-69(2)65-42-47(54-25-15-26-63-62-24-13-14-27-67(62)72-68(54)63)32-39-60(65)61-41-38-53(44-66(61)69)71(52-37-40-59-57-22-10-9-20-55(57)56-21-11-12-23-58(56)64(59)43-52)51-35-30-46(31-36-51)45-28-33-50(34-29-45)70(48-16-5-3-6-17-48)49-18-7-4-8-19-49/h5-46H,1-4H3;3-44H,1-2H3. The number of hydrogen-bond donors (Lipinski definition) is 0. The molecule has 0 atom stereocenters. The minimum atomic E-state index is -0.269. The molecule has 5 nitrogen and oxygen atoms in total. The quantitative estimate of drug-likeness (QED) is 0.0899. The third-order valence-electron chi connectivity index (χ3n) is 32.1. The highest BCUT2D eigenvalue weighted by molar-refractivity contribution is 7.26. The van der Waals surface area contributed by atoms with Gasteiger partial charge in [0.2, 0.25) is 0 Å². The molecule has 710 valence electrons. The highest BCUT2D eigenvalue weighted by atomic mass is 32.1. The van der Waals surface area contributed by atoms with E-state index in [9.17, 15) is 0 Å². The largest absolute Gasteiger partial charge is 0.455 e. The average Bonchev–Trinajstić information content (AvgIpc) is 1.56. The molecule has 27 aromatic rings. The van der Waals surface area contributed by atoms with E-state index in [0.717, 1.165) is 112 Å². The van der Waals surface area contributed by atoms with Crippen molar-refractivity contribution in [3.8, 4) is 66.8 Å². The van der Waals surface area contributed by atoms with Crippen molar-refractivity contribution >= 4 is 197 Å². The van der Waals surface area contributed by atoms with Crippen molar-refractivity contribution in [1.29, 1.82) is 0 Å². The Morgan fingerprint density at radius 2 is 0.493 bits per heavy atom. The van der Waals surface area contributed by atoms with Crippen molar-refractivity contribution in [3.63, 3.8) is 0 Å². The number of aryl methyl sites for hydroxylation is 2. The summed E-state index contributed by atoms with van der Waals surface area (Å²) in [5.41, 5.74) is 37.4. The summed E-state index contributed by atoms with van der Waals surface area (Å²) < 4.78 is 9.22. The molecule has 2 aliphatic rings. The molecule has 0 bridgehead atoms. The smallest absolute Gasteiger partial charge is 0.143 e. The van der Waals surface area contributed by atoms with E-state index in [-0.39, 0.29) is 10.8 Å². The maximum atomic E-state index is 6.54. The van der Waals surface area contributed by atoms with Crippen molar-refractivity contribution in [2.24, 2.45) is 0 Å². The predicted octanol–water partition coefficient (Wildman–Crippen LogP) is 41.5. The first kappa shape index (κ1) is 89.2. The number of thiophene rings is 1. The van der Waals surface area contributed by atoms with Crippen LogP contribution < -0.4 is 19.6 Å². The molecule has 0 unspecified atom stereocenters. The number of fused-ring (bicyclic) bond motifs is 25. The van der Waals surface area contributed by atoms with E-state index in [0.29, 0.717) is 0 Å². The van der Waals surface area contributed by atoms with Crippen molar-refractivity contribution in [2.75, 3.05) is 19.6 Å². The lowest BCUT2D eigenvalue weighted by Crippen LogP contribution is -2.17. The van der Waals surface area contributed by atoms with E-state index in [1.165, 1.54) is 173 Å². The van der Waals surface area contributed by atoms with Gasteiger partial charge in [-0.3, -0.25) is 0 Å². The monoisotopic (exact) mass is 1930 g/mol. The zero-order valence-corrected chi connectivity index (χ0v) is 84.9. The molecular formula is C144H102N4OS. The molecule has 0 spiro atoms. The average molecular weight is 1940 g/mol. The Morgan fingerprint density at radius 1 is 0.187 bits per heavy atom. The van der Waals surface area contributed by atoms with E-state index in [2.05, 4.69) is 565 Å². The lowest BCUT2D eigenvalue weighted by molar-refractivity contribution is 0.660. The molecule has 0 aliphatic heterocycles. The van der Waals surface area contributed by atoms with Gasteiger partial charge >= 0.3 is 0 Å². The van der Waals surface area contributed by atoms with Gasteiger partial charge in [-0.15, -0.1) is 11.3 Å². The molecule has 0 N–H and O–H groups in total. The number of para-hydroxylation sites is 5.